The van der Waals surface area contributed by atoms with Gasteiger partial charge < -0.3 is 20.3 Å². The fourth-order valence-corrected chi connectivity index (χ4v) is 3.41. The topological polar surface area (TPSA) is 87.7 Å². The van der Waals surface area contributed by atoms with E-state index in [1.165, 1.54) is 0 Å². The molecule has 8 heteroatoms. The molecule has 0 aliphatic carbocycles. The monoisotopic (exact) mass is 449 g/mol. The highest BCUT2D eigenvalue weighted by molar-refractivity contribution is 6.30. The van der Waals surface area contributed by atoms with E-state index in [9.17, 15) is 14.4 Å². The molecule has 1 aliphatic rings. The summed E-state index contributed by atoms with van der Waals surface area (Å²) in [4.78, 5) is 38.6. The number of fused-ring (bicyclic) bond motifs is 1. The predicted octanol–water partition coefficient (Wildman–Crippen LogP) is 3.63. The highest BCUT2D eigenvalue weighted by Gasteiger charge is 2.26. The van der Waals surface area contributed by atoms with Gasteiger partial charge in [0.1, 0.15) is 5.75 Å². The summed E-state index contributed by atoms with van der Waals surface area (Å²) in [5, 5.41) is 5.94. The summed E-state index contributed by atoms with van der Waals surface area (Å²) in [6.45, 7) is 0.101. The highest BCUT2D eigenvalue weighted by Crippen LogP contribution is 2.35. The molecule has 162 valence electrons. The van der Waals surface area contributed by atoms with Crippen LogP contribution in [0.2, 0.25) is 5.02 Å². The van der Waals surface area contributed by atoms with Crippen LogP contribution in [0.4, 0.5) is 11.4 Å². The minimum Gasteiger partial charge on any atom is -0.482 e. The van der Waals surface area contributed by atoms with Crippen LogP contribution in [-0.4, -0.2) is 30.9 Å². The van der Waals surface area contributed by atoms with Crippen molar-refractivity contribution in [2.45, 2.75) is 6.54 Å². The smallest absolute Gasteiger partial charge is 0.265 e. The molecule has 0 saturated heterocycles. The molecule has 4 rings (SSSR count). The fraction of sp³-hybridized carbons (Fsp3) is 0.125. The third-order valence-corrected chi connectivity index (χ3v) is 5.14. The lowest BCUT2D eigenvalue weighted by Gasteiger charge is -2.30. The number of anilines is 2. The van der Waals surface area contributed by atoms with E-state index in [1.54, 1.807) is 59.5 Å². The van der Waals surface area contributed by atoms with Crippen molar-refractivity contribution in [2.75, 3.05) is 23.4 Å². The van der Waals surface area contributed by atoms with Gasteiger partial charge in [-0.1, -0.05) is 41.9 Å². The van der Waals surface area contributed by atoms with Crippen LogP contribution in [0.1, 0.15) is 15.9 Å². The van der Waals surface area contributed by atoms with Gasteiger partial charge in [0.25, 0.3) is 11.8 Å². The van der Waals surface area contributed by atoms with E-state index in [-0.39, 0.29) is 30.9 Å². The maximum Gasteiger partial charge on any atom is 0.265 e. The summed E-state index contributed by atoms with van der Waals surface area (Å²) in [5.74, 6) is -0.360. The van der Waals surface area contributed by atoms with E-state index < -0.39 is 0 Å². The van der Waals surface area contributed by atoms with Crippen molar-refractivity contribution in [3.8, 4) is 5.75 Å². The molecule has 0 aromatic heterocycles. The van der Waals surface area contributed by atoms with Gasteiger partial charge in [-0.3, -0.25) is 14.4 Å². The minimum absolute atomic E-state index is 0.0577. The molecule has 3 aromatic rings. The normalized spacial score (nSPS) is 12.5. The molecule has 2 N–H and O–H groups in total. The van der Waals surface area contributed by atoms with Crippen molar-refractivity contribution in [3.05, 3.63) is 88.9 Å². The lowest BCUT2D eigenvalue weighted by Crippen LogP contribution is -2.38. The Balaban J connectivity index is 1.44. The Morgan fingerprint density at radius 2 is 1.75 bits per heavy atom. The molecular weight excluding hydrogens is 430 g/mol. The van der Waals surface area contributed by atoms with Crippen LogP contribution in [0.3, 0.4) is 0 Å². The zero-order valence-corrected chi connectivity index (χ0v) is 17.8. The third-order valence-electron chi connectivity index (χ3n) is 4.89. The van der Waals surface area contributed by atoms with Crippen molar-refractivity contribution in [1.29, 1.82) is 0 Å². The largest absolute Gasteiger partial charge is 0.482 e. The van der Waals surface area contributed by atoms with Crippen LogP contribution >= 0.6 is 11.6 Å². The van der Waals surface area contributed by atoms with E-state index in [2.05, 4.69) is 10.6 Å². The van der Waals surface area contributed by atoms with Crippen molar-refractivity contribution in [1.82, 2.24) is 5.32 Å². The Bertz CT molecular complexity index is 1150. The van der Waals surface area contributed by atoms with Gasteiger partial charge in [0, 0.05) is 16.3 Å². The summed E-state index contributed by atoms with van der Waals surface area (Å²) in [7, 11) is 0. The maximum atomic E-state index is 12.5. The Hall–Kier alpha value is -3.84. The lowest BCUT2D eigenvalue weighted by molar-refractivity contribution is -0.121. The molecule has 0 saturated carbocycles. The molecule has 3 amide bonds. The Morgan fingerprint density at radius 1 is 1.00 bits per heavy atom. The number of nitrogens with one attached hydrogen (secondary N) is 2. The molecule has 7 nitrogen and oxygen atoms in total. The van der Waals surface area contributed by atoms with Gasteiger partial charge in [0.05, 0.1) is 18.8 Å². The van der Waals surface area contributed by atoms with Crippen LogP contribution in [0, 0.1) is 0 Å². The number of rotatable bonds is 6. The Morgan fingerprint density at radius 3 is 2.50 bits per heavy atom. The van der Waals surface area contributed by atoms with Crippen LogP contribution in [-0.2, 0) is 16.1 Å². The molecule has 0 fully saturated rings. The molecule has 1 aliphatic heterocycles. The van der Waals surface area contributed by atoms with E-state index in [0.29, 0.717) is 34.3 Å². The van der Waals surface area contributed by atoms with Crippen molar-refractivity contribution < 1.29 is 19.1 Å². The molecule has 0 bridgehead atoms. The number of amides is 3. The lowest BCUT2D eigenvalue weighted by atomic mass is 10.1. The zero-order valence-electron chi connectivity index (χ0n) is 17.0. The molecule has 0 spiro atoms. The SMILES string of the molecule is O=C(CNC(=O)c1ccccc1)Nc1ccc2c(c1)N(Cc1ccc(Cl)cc1)C(=O)CO2. The first-order valence-corrected chi connectivity index (χ1v) is 10.3. The second kappa shape index (κ2) is 9.53. The average Bonchev–Trinajstić information content (AvgIpc) is 2.81. The fourth-order valence-electron chi connectivity index (χ4n) is 3.28. The predicted molar refractivity (Wildman–Crippen MR) is 122 cm³/mol. The van der Waals surface area contributed by atoms with Crippen LogP contribution in [0.15, 0.2) is 72.8 Å². The third kappa shape index (κ3) is 5.07. The molecule has 0 atom stereocenters. The standard InChI is InChI=1S/C24H20ClN3O4/c25-18-8-6-16(7-9-18)14-28-20-12-19(10-11-21(20)32-15-23(28)30)27-22(29)13-26-24(31)17-4-2-1-3-5-17/h1-12H,13-15H2,(H,26,31)(H,27,29). The number of ether oxygens (including phenoxy) is 1. The number of halogens is 1. The first-order valence-electron chi connectivity index (χ1n) is 9.94. The van der Waals surface area contributed by atoms with Crippen LogP contribution < -0.4 is 20.3 Å². The van der Waals surface area contributed by atoms with E-state index in [0.717, 1.165) is 5.56 Å². The number of carbonyl (C=O) groups excluding carboxylic acids is 3. The van der Waals surface area contributed by atoms with Gasteiger partial charge in [0.2, 0.25) is 5.91 Å². The number of nitrogens with zero attached hydrogens (tertiary/aromatic N) is 1. The summed E-state index contributed by atoms with van der Waals surface area (Å²) in [5.41, 5.74) is 2.43. The van der Waals surface area contributed by atoms with E-state index in [1.807, 2.05) is 18.2 Å². The van der Waals surface area contributed by atoms with E-state index in [4.69, 9.17) is 16.3 Å². The van der Waals surface area contributed by atoms with Gasteiger partial charge >= 0.3 is 0 Å². The second-order valence-electron chi connectivity index (χ2n) is 7.17. The van der Waals surface area contributed by atoms with Crippen molar-refractivity contribution in [2.24, 2.45) is 0 Å². The first-order chi connectivity index (χ1) is 15.5. The van der Waals surface area contributed by atoms with Gasteiger partial charge in [-0.15, -0.1) is 0 Å². The molecule has 32 heavy (non-hydrogen) atoms. The van der Waals surface area contributed by atoms with Crippen molar-refractivity contribution in [3.63, 3.8) is 0 Å². The van der Waals surface area contributed by atoms with E-state index >= 15 is 0 Å². The molecular formula is C24H20ClN3O4. The minimum atomic E-state index is -0.387. The molecule has 0 radical (unpaired) electrons. The van der Waals surface area contributed by atoms with Gasteiger partial charge in [-0.05, 0) is 48.0 Å². The van der Waals surface area contributed by atoms with Crippen LogP contribution in [0.5, 0.6) is 5.75 Å². The quantitative estimate of drug-likeness (QED) is 0.601. The number of hydrogen-bond acceptors (Lipinski definition) is 4. The van der Waals surface area contributed by atoms with Crippen molar-refractivity contribution >= 4 is 40.7 Å². The molecule has 1 heterocycles. The summed E-state index contributed by atoms with van der Waals surface area (Å²) < 4.78 is 5.53. The number of benzene rings is 3. The maximum absolute atomic E-state index is 12.5. The summed E-state index contributed by atoms with van der Waals surface area (Å²) in [6.07, 6.45) is 0. The van der Waals surface area contributed by atoms with Crippen LogP contribution in [0.25, 0.3) is 0 Å². The summed E-state index contributed by atoms with van der Waals surface area (Å²) in [6, 6.07) is 21.0. The number of carbonyl (C=O) groups is 3. The average molecular weight is 450 g/mol. The van der Waals surface area contributed by atoms with Gasteiger partial charge in [0.15, 0.2) is 6.61 Å². The molecule has 3 aromatic carbocycles. The first kappa shape index (κ1) is 21.4. The second-order valence-corrected chi connectivity index (χ2v) is 7.61. The zero-order chi connectivity index (χ0) is 22.5. The molecule has 0 unspecified atom stereocenters. The Labute approximate surface area is 189 Å². The Kier molecular flexibility index (Phi) is 6.37. The highest BCUT2D eigenvalue weighted by atomic mass is 35.5. The number of hydrogen-bond donors (Lipinski definition) is 2. The summed E-state index contributed by atoms with van der Waals surface area (Å²) >= 11 is 5.95. The van der Waals surface area contributed by atoms with Gasteiger partial charge in [-0.25, -0.2) is 0 Å². The van der Waals surface area contributed by atoms with Gasteiger partial charge in [-0.2, -0.15) is 0 Å².